The first-order chi connectivity index (χ1) is 5.74. The first kappa shape index (κ1) is 13.1. The van der Waals surface area contributed by atoms with Crippen molar-refractivity contribution in [2.24, 2.45) is 0 Å². The molecule has 0 saturated carbocycles. The van der Waals surface area contributed by atoms with Gasteiger partial charge in [0.1, 0.15) is 0 Å². The predicted molar refractivity (Wildman–Crippen MR) is 55.7 cm³/mol. The minimum atomic E-state index is 0. The Hall–Kier alpha value is 0.130. The maximum Gasteiger partial charge on any atom is 0.207 e. The van der Waals surface area contributed by atoms with Crippen molar-refractivity contribution in [2.45, 2.75) is 19.7 Å². The number of hydrogen-bond donors (Lipinski definition) is 1. The van der Waals surface area contributed by atoms with Gasteiger partial charge in [0.25, 0.3) is 0 Å². The molecule has 1 saturated heterocycles. The van der Waals surface area contributed by atoms with Crippen LogP contribution in [0.15, 0.2) is 0 Å². The summed E-state index contributed by atoms with van der Waals surface area (Å²) >= 11 is 0. The summed E-state index contributed by atoms with van der Waals surface area (Å²) in [6, 6.07) is 0. The molecule has 1 unspecified atom stereocenters. The summed E-state index contributed by atoms with van der Waals surface area (Å²) < 4.78 is 0. The molecule has 1 fully saturated rings. The maximum atomic E-state index is 4.98. The van der Waals surface area contributed by atoms with E-state index in [9.17, 15) is 0 Å². The first-order valence-electron chi connectivity index (χ1n) is 4.54. The summed E-state index contributed by atoms with van der Waals surface area (Å²) in [5.41, 5.74) is 2.84. The molecule has 5 heteroatoms. The largest absolute Gasteiger partial charge is 0.309 e. The average molecular weight is 210 g/mol. The SMILES string of the molecule is CCN(CCCN(C)C)C1NO1.Cl. The van der Waals surface area contributed by atoms with E-state index >= 15 is 0 Å². The van der Waals surface area contributed by atoms with Crippen LogP contribution in [0.25, 0.3) is 0 Å². The van der Waals surface area contributed by atoms with Crippen LogP contribution >= 0.6 is 12.4 Å². The van der Waals surface area contributed by atoms with Crippen molar-refractivity contribution in [2.75, 3.05) is 33.7 Å². The summed E-state index contributed by atoms with van der Waals surface area (Å²) in [6.45, 7) is 5.44. The topological polar surface area (TPSA) is 41.0 Å². The van der Waals surface area contributed by atoms with Gasteiger partial charge in [-0.15, -0.1) is 12.4 Å². The number of nitrogens with zero attached hydrogens (tertiary/aromatic N) is 2. The molecule has 0 amide bonds. The highest BCUT2D eigenvalue weighted by Crippen LogP contribution is 2.07. The number of hydroxylamine groups is 1. The monoisotopic (exact) mass is 209 g/mol. The van der Waals surface area contributed by atoms with Gasteiger partial charge in [0.05, 0.1) is 0 Å². The molecule has 4 nitrogen and oxygen atoms in total. The number of nitrogens with one attached hydrogen (secondary N) is 1. The van der Waals surface area contributed by atoms with Crippen LogP contribution in [0.1, 0.15) is 13.3 Å². The number of halogens is 1. The van der Waals surface area contributed by atoms with Gasteiger partial charge in [0, 0.05) is 6.54 Å². The third-order valence-corrected chi connectivity index (χ3v) is 2.01. The Morgan fingerprint density at radius 2 is 1.92 bits per heavy atom. The summed E-state index contributed by atoms with van der Waals surface area (Å²) in [5.74, 6) is 0. The molecule has 1 N–H and O–H groups in total. The van der Waals surface area contributed by atoms with Crippen LogP contribution < -0.4 is 5.48 Å². The van der Waals surface area contributed by atoms with E-state index < -0.39 is 0 Å². The molecular weight excluding hydrogens is 190 g/mol. The normalized spacial score (nSPS) is 20.5. The summed E-state index contributed by atoms with van der Waals surface area (Å²) in [6.07, 6.45) is 1.39. The Labute approximate surface area is 86.6 Å². The van der Waals surface area contributed by atoms with Gasteiger partial charge in [-0.3, -0.25) is 9.74 Å². The average Bonchev–Trinajstić information content (AvgIpc) is 2.80. The smallest absolute Gasteiger partial charge is 0.207 e. The zero-order chi connectivity index (χ0) is 8.97. The van der Waals surface area contributed by atoms with Gasteiger partial charge in [-0.25, -0.2) is 0 Å². The van der Waals surface area contributed by atoms with Crippen LogP contribution in [0.3, 0.4) is 0 Å². The van der Waals surface area contributed by atoms with E-state index in [2.05, 4.69) is 36.3 Å². The molecule has 1 aliphatic rings. The van der Waals surface area contributed by atoms with Gasteiger partial charge in [-0.05, 0) is 33.6 Å². The summed E-state index contributed by atoms with van der Waals surface area (Å²) in [4.78, 5) is 9.47. The third-order valence-electron chi connectivity index (χ3n) is 2.01. The quantitative estimate of drug-likeness (QED) is 0.647. The Morgan fingerprint density at radius 3 is 2.31 bits per heavy atom. The predicted octanol–water partition coefficient (Wildman–Crippen LogP) is 0.500. The van der Waals surface area contributed by atoms with E-state index in [1.54, 1.807) is 0 Å². The van der Waals surface area contributed by atoms with E-state index in [-0.39, 0.29) is 18.8 Å². The van der Waals surface area contributed by atoms with E-state index in [0.717, 1.165) is 19.6 Å². The molecule has 0 radical (unpaired) electrons. The standard InChI is InChI=1S/C8H19N3O.ClH/c1-4-11(8-9-12-8)7-5-6-10(2)3;/h8-9H,4-7H2,1-3H3;1H. The van der Waals surface area contributed by atoms with E-state index in [1.807, 2.05) is 0 Å². The molecule has 0 aromatic rings. The van der Waals surface area contributed by atoms with Gasteiger partial charge in [-0.1, -0.05) is 6.92 Å². The molecule has 13 heavy (non-hydrogen) atoms. The summed E-state index contributed by atoms with van der Waals surface area (Å²) in [5, 5.41) is 0. The van der Waals surface area contributed by atoms with Crippen LogP contribution in [-0.4, -0.2) is 49.9 Å². The van der Waals surface area contributed by atoms with Crippen LogP contribution in [0, 0.1) is 0 Å². The fourth-order valence-corrected chi connectivity index (χ4v) is 1.21. The minimum Gasteiger partial charge on any atom is -0.309 e. The lowest BCUT2D eigenvalue weighted by Gasteiger charge is -2.17. The van der Waals surface area contributed by atoms with Crippen molar-refractivity contribution in [3.8, 4) is 0 Å². The zero-order valence-corrected chi connectivity index (χ0v) is 9.43. The molecule has 1 rings (SSSR count). The summed E-state index contributed by atoms with van der Waals surface area (Å²) in [7, 11) is 4.20. The highest BCUT2D eigenvalue weighted by Gasteiger charge is 2.28. The van der Waals surface area contributed by atoms with Crippen LogP contribution in [0.4, 0.5) is 0 Å². The van der Waals surface area contributed by atoms with Crippen LogP contribution in [0.5, 0.6) is 0 Å². The zero-order valence-electron chi connectivity index (χ0n) is 8.62. The van der Waals surface area contributed by atoms with Gasteiger partial charge >= 0.3 is 0 Å². The second kappa shape index (κ2) is 6.56. The van der Waals surface area contributed by atoms with Gasteiger partial charge < -0.3 is 4.90 Å². The van der Waals surface area contributed by atoms with Gasteiger partial charge in [0.2, 0.25) is 6.35 Å². The van der Waals surface area contributed by atoms with Crippen LogP contribution in [0.2, 0.25) is 0 Å². The van der Waals surface area contributed by atoms with Crippen molar-refractivity contribution in [3.05, 3.63) is 0 Å². The van der Waals surface area contributed by atoms with E-state index in [4.69, 9.17) is 4.84 Å². The molecule has 0 aromatic carbocycles. The minimum absolute atomic E-state index is 0. The lowest BCUT2D eigenvalue weighted by molar-refractivity contribution is 0.176. The second-order valence-corrected chi connectivity index (χ2v) is 3.37. The Kier molecular flexibility index (Phi) is 6.63. The Bertz CT molecular complexity index is 131. The molecule has 0 bridgehead atoms. The fourth-order valence-electron chi connectivity index (χ4n) is 1.21. The third kappa shape index (κ3) is 5.44. The van der Waals surface area contributed by atoms with E-state index in [0.29, 0.717) is 0 Å². The van der Waals surface area contributed by atoms with Crippen molar-refractivity contribution < 1.29 is 4.84 Å². The molecule has 1 aliphatic heterocycles. The second-order valence-electron chi connectivity index (χ2n) is 3.37. The lowest BCUT2D eigenvalue weighted by Crippen LogP contribution is -2.31. The van der Waals surface area contributed by atoms with Crippen molar-refractivity contribution in [1.29, 1.82) is 0 Å². The van der Waals surface area contributed by atoms with Gasteiger partial charge in [0.15, 0.2) is 0 Å². The highest BCUT2D eigenvalue weighted by atomic mass is 35.5. The molecule has 0 spiro atoms. The molecule has 1 atom stereocenters. The number of hydrogen-bond acceptors (Lipinski definition) is 4. The highest BCUT2D eigenvalue weighted by molar-refractivity contribution is 5.85. The maximum absolute atomic E-state index is 4.98. The lowest BCUT2D eigenvalue weighted by atomic mass is 10.3. The first-order valence-corrected chi connectivity index (χ1v) is 4.54. The molecule has 1 heterocycles. The molecule has 0 aliphatic carbocycles. The number of rotatable bonds is 6. The Morgan fingerprint density at radius 1 is 1.31 bits per heavy atom. The van der Waals surface area contributed by atoms with Gasteiger partial charge in [-0.2, -0.15) is 5.48 Å². The molecule has 0 aromatic heterocycles. The van der Waals surface area contributed by atoms with Crippen molar-refractivity contribution >= 4 is 12.4 Å². The molecular formula is C8H20ClN3O. The van der Waals surface area contributed by atoms with Crippen molar-refractivity contribution in [1.82, 2.24) is 15.3 Å². The Balaban J connectivity index is 0.00000144. The fraction of sp³-hybridized carbons (Fsp3) is 1.00. The van der Waals surface area contributed by atoms with E-state index in [1.165, 1.54) is 6.42 Å². The van der Waals surface area contributed by atoms with Crippen molar-refractivity contribution in [3.63, 3.8) is 0 Å². The van der Waals surface area contributed by atoms with Crippen LogP contribution in [-0.2, 0) is 4.84 Å². The molecule has 80 valence electrons.